The van der Waals surface area contributed by atoms with Gasteiger partial charge in [-0.15, -0.1) is 11.3 Å². The number of furan rings is 1. The SMILES string of the molecule is [2H]c1c([2H])c([2H])c(-c2ccc3oc4c(c3c2)B2c3ccc(N(c5ccc(C(C)(C)C)cc5)c5ccccc5-c5ccccc5)cc3N(c3cccc5c3sc3ccccc35)c3cc([Si](c5ccccc5)(c5ccccc5)c5ccccc5)cc(c32)N4c2ccc3c(c2)C(C)(C)CCC3(C)C)c([2H])c1[2H]. The van der Waals surface area contributed by atoms with Gasteiger partial charge in [-0.2, -0.15) is 0 Å². The molecular formula is C92H76BN3OSSi. The Morgan fingerprint density at radius 1 is 0.465 bits per heavy atom. The lowest BCUT2D eigenvalue weighted by molar-refractivity contribution is 0.332. The highest BCUT2D eigenvalue weighted by Gasteiger charge is 2.51. The predicted octanol–water partition coefficient (Wildman–Crippen LogP) is 20.7. The van der Waals surface area contributed by atoms with Crippen LogP contribution in [0.2, 0.25) is 0 Å². The number of hydrogen-bond acceptors (Lipinski definition) is 5. The number of benzene rings is 13. The lowest BCUT2D eigenvalue weighted by Gasteiger charge is -2.45. The Morgan fingerprint density at radius 2 is 1.07 bits per heavy atom. The van der Waals surface area contributed by atoms with E-state index in [1.165, 1.54) is 52.9 Å². The van der Waals surface area contributed by atoms with Crippen molar-refractivity contribution in [1.29, 1.82) is 0 Å². The minimum absolute atomic E-state index is 0.0716. The molecule has 2 aromatic heterocycles. The van der Waals surface area contributed by atoms with Crippen molar-refractivity contribution in [1.82, 2.24) is 0 Å². The average molecular weight is 1320 g/mol. The van der Waals surface area contributed by atoms with E-state index in [9.17, 15) is 2.74 Å². The summed E-state index contributed by atoms with van der Waals surface area (Å²) in [7, 11) is -3.44. The maximum absolute atomic E-state index is 9.44. The third-order valence-electron chi connectivity index (χ3n) is 21.7. The van der Waals surface area contributed by atoms with Gasteiger partial charge in [0, 0.05) is 66.0 Å². The standard InChI is InChI=1S/C92H76BN3OSSi/c1-90(2,3)64-45-47-65(48-46-64)94(79-41-25-23-38-72(79)62-30-15-9-16-31-62)67-50-52-78-81(58-67)96(80-42-27-40-74-73-39-24-26-43-85(73)98-88(74)80)83-60-71(99(68-32-17-10-18-33-68,69-34-19-11-20-35-69)70-36-21-12-22-37-70)59-82-87(83)93(78)86-75-56-63(61-28-13-8-14-29-61)44-53-84(75)97-89(86)95(82)66-49-51-76-77(57-66)92(6,7)55-54-91(76,4)5/h8-53,56-60H,54-55H2,1-7H3/i8D,13D,14D,28D,29D. The number of thiophene rings is 1. The molecule has 15 aromatic rings. The summed E-state index contributed by atoms with van der Waals surface area (Å²) in [6.45, 7) is 15.9. The van der Waals surface area contributed by atoms with E-state index in [1.54, 1.807) is 0 Å². The van der Waals surface area contributed by atoms with Crippen LogP contribution >= 0.6 is 11.3 Å². The van der Waals surface area contributed by atoms with Crippen LogP contribution in [-0.2, 0) is 16.2 Å². The minimum atomic E-state index is -3.44. The van der Waals surface area contributed by atoms with Crippen molar-refractivity contribution in [2.45, 2.75) is 77.6 Å². The van der Waals surface area contributed by atoms with Crippen LogP contribution in [0, 0.1) is 0 Å². The summed E-state index contributed by atoms with van der Waals surface area (Å²) in [4.78, 5) is 7.48. The molecule has 3 aliphatic rings. The molecule has 99 heavy (non-hydrogen) atoms. The summed E-state index contributed by atoms with van der Waals surface area (Å²) in [5.41, 5.74) is 18.1. The Morgan fingerprint density at radius 3 is 1.76 bits per heavy atom. The van der Waals surface area contributed by atoms with Crippen LogP contribution in [0.1, 0.15) is 84.9 Å². The summed E-state index contributed by atoms with van der Waals surface area (Å²) in [6, 6.07) is 101. The van der Waals surface area contributed by atoms with E-state index in [4.69, 9.17) is 8.53 Å². The smallest absolute Gasteiger partial charge is 0.257 e. The van der Waals surface area contributed by atoms with Crippen LogP contribution in [-0.4, -0.2) is 14.8 Å². The van der Waals surface area contributed by atoms with Gasteiger partial charge in [0.2, 0.25) is 5.88 Å². The van der Waals surface area contributed by atoms with Gasteiger partial charge in [0.1, 0.15) is 5.58 Å². The van der Waals surface area contributed by atoms with Gasteiger partial charge in [0.05, 0.1) is 22.9 Å². The lowest BCUT2D eigenvalue weighted by atomic mass is 9.33. The molecule has 2 aliphatic heterocycles. The number of hydrogen-bond donors (Lipinski definition) is 0. The molecule has 0 unspecified atom stereocenters. The molecule has 18 rings (SSSR count). The quantitative estimate of drug-likeness (QED) is 0.0951. The normalized spacial score (nSPS) is 15.1. The first-order valence-electron chi connectivity index (χ1n) is 37.1. The molecule has 4 heterocycles. The zero-order valence-electron chi connectivity index (χ0n) is 61.7. The molecule has 0 saturated heterocycles. The van der Waals surface area contributed by atoms with Gasteiger partial charge in [0.25, 0.3) is 6.71 Å². The first kappa shape index (κ1) is 55.3. The zero-order chi connectivity index (χ0) is 71.3. The van der Waals surface area contributed by atoms with E-state index in [1.807, 2.05) is 29.5 Å². The van der Waals surface area contributed by atoms with E-state index in [0.29, 0.717) is 17.0 Å². The number of nitrogens with zero attached hydrogens (tertiary/aromatic N) is 3. The minimum Gasteiger partial charge on any atom is -0.440 e. The molecule has 0 amide bonds. The van der Waals surface area contributed by atoms with Crippen molar-refractivity contribution >= 4 is 146 Å². The molecule has 0 N–H and O–H groups in total. The molecule has 0 saturated carbocycles. The van der Waals surface area contributed by atoms with Gasteiger partial charge in [-0.05, 0) is 173 Å². The number of rotatable bonds is 11. The van der Waals surface area contributed by atoms with E-state index in [-0.39, 0.29) is 46.0 Å². The lowest BCUT2D eigenvalue weighted by Crippen LogP contribution is -2.75. The van der Waals surface area contributed by atoms with Crippen LogP contribution < -0.4 is 51.8 Å². The Kier molecular flexibility index (Phi) is 13.0. The Labute approximate surface area is 593 Å². The van der Waals surface area contributed by atoms with E-state index >= 15 is 0 Å². The van der Waals surface area contributed by atoms with Gasteiger partial charge in [-0.3, -0.25) is 4.90 Å². The highest BCUT2D eigenvalue weighted by atomic mass is 32.1. The van der Waals surface area contributed by atoms with Gasteiger partial charge >= 0.3 is 0 Å². The second kappa shape index (κ2) is 23.2. The van der Waals surface area contributed by atoms with Crippen molar-refractivity contribution in [2.75, 3.05) is 14.7 Å². The number of fused-ring (bicyclic) bond motifs is 10. The second-order valence-corrected chi connectivity index (χ2v) is 34.3. The van der Waals surface area contributed by atoms with E-state index < -0.39 is 20.8 Å². The molecule has 1 aliphatic carbocycles. The molecule has 0 radical (unpaired) electrons. The van der Waals surface area contributed by atoms with Crippen LogP contribution in [0.5, 0.6) is 0 Å². The number of para-hydroxylation sites is 1. The summed E-state index contributed by atoms with van der Waals surface area (Å²) in [6.07, 6.45) is 2.08. The van der Waals surface area contributed by atoms with E-state index in [0.717, 1.165) is 95.9 Å². The van der Waals surface area contributed by atoms with Crippen LogP contribution in [0.4, 0.5) is 51.4 Å². The Bertz CT molecular complexity index is 5830. The summed E-state index contributed by atoms with van der Waals surface area (Å²) in [5, 5.41) is 8.08. The third kappa shape index (κ3) is 9.75. The molecule has 0 spiro atoms. The first-order valence-corrected chi connectivity index (χ1v) is 37.5. The molecule has 7 heteroatoms. The van der Waals surface area contributed by atoms with Gasteiger partial charge in [0.15, 0.2) is 8.07 Å². The topological polar surface area (TPSA) is 22.9 Å². The van der Waals surface area contributed by atoms with Crippen LogP contribution in [0.3, 0.4) is 0 Å². The average Bonchev–Trinajstić information content (AvgIpc) is 1.26. The van der Waals surface area contributed by atoms with Crippen LogP contribution in [0.25, 0.3) is 53.4 Å². The summed E-state index contributed by atoms with van der Waals surface area (Å²) in [5.74, 6) is 0.658. The maximum Gasteiger partial charge on any atom is 0.257 e. The molecule has 478 valence electrons. The van der Waals surface area contributed by atoms with E-state index in [2.05, 4.69) is 324 Å². The maximum atomic E-state index is 9.44. The van der Waals surface area contributed by atoms with Gasteiger partial charge in [-0.25, -0.2) is 0 Å². The Balaban J connectivity index is 1.03. The fraction of sp³-hybridized carbons (Fsp3) is 0.130. The first-order chi connectivity index (χ1) is 50.3. The zero-order valence-corrected chi connectivity index (χ0v) is 58.5. The fourth-order valence-corrected chi connectivity index (χ4v) is 22.7. The molecular weight excluding hydrogens is 1230 g/mol. The molecule has 4 nitrogen and oxygen atoms in total. The van der Waals surface area contributed by atoms with Crippen molar-refractivity contribution in [2.24, 2.45) is 0 Å². The van der Waals surface area contributed by atoms with Crippen molar-refractivity contribution in [3.05, 3.63) is 326 Å². The fourth-order valence-electron chi connectivity index (χ4n) is 16.7. The third-order valence-corrected chi connectivity index (χ3v) is 27.7. The summed E-state index contributed by atoms with van der Waals surface area (Å²) >= 11 is 1.83. The Hall–Kier alpha value is -10.7. The monoisotopic (exact) mass is 1310 g/mol. The largest absolute Gasteiger partial charge is 0.440 e. The molecule has 13 aromatic carbocycles. The molecule has 0 atom stereocenters. The molecule has 0 bridgehead atoms. The molecule has 0 fully saturated rings. The predicted molar refractivity (Wildman–Crippen MR) is 426 cm³/mol. The van der Waals surface area contributed by atoms with Gasteiger partial charge < -0.3 is 14.2 Å². The van der Waals surface area contributed by atoms with Crippen LogP contribution in [0.15, 0.2) is 314 Å². The van der Waals surface area contributed by atoms with Crippen molar-refractivity contribution < 1.29 is 11.3 Å². The van der Waals surface area contributed by atoms with Crippen molar-refractivity contribution in [3.63, 3.8) is 0 Å². The second-order valence-electron chi connectivity index (χ2n) is 29.4. The highest BCUT2D eigenvalue weighted by Crippen LogP contribution is 2.53. The highest BCUT2D eigenvalue weighted by molar-refractivity contribution is 7.26. The van der Waals surface area contributed by atoms with Crippen molar-refractivity contribution in [3.8, 4) is 22.3 Å². The number of anilines is 9. The van der Waals surface area contributed by atoms with Gasteiger partial charge in [-0.1, -0.05) is 279 Å². The summed E-state index contributed by atoms with van der Waals surface area (Å²) < 4.78 is 55.6.